The van der Waals surface area contributed by atoms with E-state index < -0.39 is 10.0 Å². The van der Waals surface area contributed by atoms with Gasteiger partial charge < -0.3 is 10.1 Å². The van der Waals surface area contributed by atoms with Crippen LogP contribution in [0.15, 0.2) is 66.1 Å². The topological polar surface area (TPSA) is 139 Å². The van der Waals surface area contributed by atoms with Crippen LogP contribution in [0.3, 0.4) is 0 Å². The van der Waals surface area contributed by atoms with Crippen molar-refractivity contribution in [2.24, 2.45) is 5.14 Å². The highest BCUT2D eigenvalue weighted by Gasteiger charge is 2.07. The monoisotopic (exact) mass is 407 g/mol. The Kier molecular flexibility index (Phi) is 13.4. The normalized spacial score (nSPS) is 9.11. The lowest BCUT2D eigenvalue weighted by atomic mass is 10.3. The molecule has 0 unspecified atom stereocenters. The number of amides is 1. The fraction of sp³-hybridized carbons (Fsp3) is 0.211. The molecule has 0 saturated carbocycles. The summed E-state index contributed by atoms with van der Waals surface area (Å²) in [5, 5.41) is 15.0. The largest absolute Gasteiger partial charge is 0.463 e. The Hall–Kier alpha value is -3.22. The van der Waals surface area contributed by atoms with E-state index in [0.29, 0.717) is 23.4 Å². The molecule has 0 bridgehead atoms. The molecule has 0 radical (unpaired) electrons. The van der Waals surface area contributed by atoms with Crippen LogP contribution in [0.25, 0.3) is 0 Å². The van der Waals surface area contributed by atoms with Gasteiger partial charge in [0.05, 0.1) is 17.6 Å². The third-order valence-electron chi connectivity index (χ3n) is 2.54. The maximum atomic E-state index is 11.2. The third-order valence-corrected chi connectivity index (χ3v) is 3.47. The van der Waals surface area contributed by atoms with Crippen molar-refractivity contribution in [2.45, 2.75) is 25.7 Å². The number of nitrogens with zero attached hydrogens (tertiary/aromatic N) is 1. The molecule has 1 aromatic rings. The number of sulfonamides is 1. The molecule has 0 saturated heterocycles. The summed E-state index contributed by atoms with van der Waals surface area (Å²) >= 11 is 0. The second-order valence-electron chi connectivity index (χ2n) is 5.14. The first kappa shape index (κ1) is 27.0. The first-order chi connectivity index (χ1) is 12.9. The minimum absolute atomic E-state index is 0.000763. The zero-order valence-corrected chi connectivity index (χ0v) is 17.0. The number of nitrogens with one attached hydrogen (secondary N) is 1. The van der Waals surface area contributed by atoms with Crippen molar-refractivity contribution in [1.82, 2.24) is 0 Å². The van der Waals surface area contributed by atoms with Crippen molar-refractivity contribution in [3.63, 3.8) is 0 Å². The third kappa shape index (κ3) is 13.0. The molecule has 1 amide bonds. The van der Waals surface area contributed by atoms with E-state index in [1.54, 1.807) is 26.8 Å². The highest BCUT2D eigenvalue weighted by Crippen LogP contribution is 2.13. The lowest BCUT2D eigenvalue weighted by Gasteiger charge is -2.05. The number of carbonyl (C=O) groups is 2. The first-order valence-electron chi connectivity index (χ1n) is 7.83. The van der Waals surface area contributed by atoms with Crippen LogP contribution in [-0.2, 0) is 24.3 Å². The van der Waals surface area contributed by atoms with E-state index in [2.05, 4.69) is 29.8 Å². The molecule has 0 atom stereocenters. The molecule has 0 spiro atoms. The Morgan fingerprint density at radius 3 is 1.93 bits per heavy atom. The van der Waals surface area contributed by atoms with E-state index in [9.17, 15) is 18.0 Å². The zero-order chi connectivity index (χ0) is 22.3. The summed E-state index contributed by atoms with van der Waals surface area (Å²) in [7, 11) is -3.69. The predicted molar refractivity (Wildman–Crippen MR) is 109 cm³/mol. The van der Waals surface area contributed by atoms with Crippen LogP contribution >= 0.6 is 0 Å². The number of benzene rings is 1. The summed E-state index contributed by atoms with van der Waals surface area (Å²) in [6.45, 7) is 15.4. The lowest BCUT2D eigenvalue weighted by Crippen LogP contribution is -2.13. The zero-order valence-electron chi connectivity index (χ0n) is 16.2. The average Bonchev–Trinajstić information content (AvgIpc) is 2.62. The van der Waals surface area contributed by atoms with E-state index >= 15 is 0 Å². The smallest absolute Gasteiger partial charge is 0.333 e. The summed E-state index contributed by atoms with van der Waals surface area (Å²) < 4.78 is 26.5. The highest BCUT2D eigenvalue weighted by molar-refractivity contribution is 7.89. The first-order valence-corrected chi connectivity index (χ1v) is 9.38. The van der Waals surface area contributed by atoms with Gasteiger partial charge in [-0.25, -0.2) is 18.4 Å². The number of rotatable bonds is 5. The van der Waals surface area contributed by atoms with E-state index in [1.807, 2.05) is 0 Å². The summed E-state index contributed by atoms with van der Waals surface area (Å²) in [5.41, 5.74) is 1.31. The van der Waals surface area contributed by atoms with E-state index in [4.69, 9.17) is 10.4 Å². The molecule has 0 aliphatic heterocycles. The van der Waals surface area contributed by atoms with Crippen LogP contribution < -0.4 is 10.5 Å². The number of hydrogen-bond acceptors (Lipinski definition) is 6. The van der Waals surface area contributed by atoms with Gasteiger partial charge in [0.25, 0.3) is 5.91 Å². The molecule has 1 aromatic carbocycles. The molecule has 1 rings (SSSR count). The summed E-state index contributed by atoms with van der Waals surface area (Å²) in [4.78, 5) is 21.7. The van der Waals surface area contributed by atoms with Gasteiger partial charge in [-0.1, -0.05) is 19.7 Å². The number of anilines is 1. The van der Waals surface area contributed by atoms with Crippen LogP contribution in [0, 0.1) is 11.3 Å². The van der Waals surface area contributed by atoms with Crippen LogP contribution in [0.2, 0.25) is 0 Å². The van der Waals surface area contributed by atoms with Gasteiger partial charge in [-0.05, 0) is 45.0 Å². The van der Waals surface area contributed by atoms with Gasteiger partial charge in [-0.15, -0.1) is 0 Å². The lowest BCUT2D eigenvalue weighted by molar-refractivity contribution is -0.138. The van der Waals surface area contributed by atoms with Crippen molar-refractivity contribution >= 4 is 27.6 Å². The Morgan fingerprint density at radius 2 is 1.68 bits per heavy atom. The molecule has 0 aromatic heterocycles. The maximum absolute atomic E-state index is 11.2. The molecular weight excluding hydrogens is 382 g/mol. The molecule has 0 aliphatic rings. The fourth-order valence-corrected chi connectivity index (χ4v) is 1.74. The van der Waals surface area contributed by atoms with Crippen LogP contribution in [0.4, 0.5) is 5.69 Å². The molecule has 152 valence electrons. The van der Waals surface area contributed by atoms with Gasteiger partial charge in [-0.3, -0.25) is 4.79 Å². The molecule has 0 aliphatic carbocycles. The number of hydrogen-bond donors (Lipinski definition) is 2. The second kappa shape index (κ2) is 13.9. The molecule has 0 heterocycles. The maximum Gasteiger partial charge on any atom is 0.333 e. The molecule has 9 heteroatoms. The number of carbonyl (C=O) groups excluding carboxylic acids is 2. The number of ether oxygens (including phenoxy) is 1. The van der Waals surface area contributed by atoms with Crippen molar-refractivity contribution in [3.05, 3.63) is 61.2 Å². The number of esters is 1. The van der Waals surface area contributed by atoms with Crippen LogP contribution in [0.5, 0.6) is 0 Å². The molecule has 3 N–H and O–H groups in total. The Morgan fingerprint density at radius 1 is 1.21 bits per heavy atom. The van der Waals surface area contributed by atoms with Gasteiger partial charge in [-0.2, -0.15) is 5.26 Å². The van der Waals surface area contributed by atoms with Gasteiger partial charge in [0.1, 0.15) is 0 Å². The number of primary sulfonamides is 1. The second-order valence-corrected chi connectivity index (χ2v) is 6.70. The summed E-state index contributed by atoms with van der Waals surface area (Å²) in [6, 6.07) is 7.26. The predicted octanol–water partition coefficient (Wildman–Crippen LogP) is 2.67. The Bertz CT molecular complexity index is 851. The van der Waals surface area contributed by atoms with Gasteiger partial charge in [0.15, 0.2) is 0 Å². The highest BCUT2D eigenvalue weighted by atomic mass is 32.2. The van der Waals surface area contributed by atoms with E-state index in [0.717, 1.165) is 0 Å². The quantitative estimate of drug-likeness (QED) is 0.437. The molecule has 28 heavy (non-hydrogen) atoms. The number of nitrogens with two attached hydrogens (primary N) is 1. The van der Waals surface area contributed by atoms with Gasteiger partial charge in [0.2, 0.25) is 10.0 Å². The minimum Gasteiger partial charge on any atom is -0.463 e. The molecule has 0 fully saturated rings. The van der Waals surface area contributed by atoms with E-state index in [1.165, 1.54) is 30.3 Å². The van der Waals surface area contributed by atoms with Crippen LogP contribution in [-0.4, -0.2) is 26.9 Å². The minimum atomic E-state index is -3.69. The number of allylic oxidation sites excluding steroid dienone is 1. The average molecular weight is 407 g/mol. The Labute approximate surface area is 166 Å². The van der Waals surface area contributed by atoms with Gasteiger partial charge in [0, 0.05) is 22.9 Å². The molecular formula is C19H25N3O5S. The van der Waals surface area contributed by atoms with Crippen molar-refractivity contribution < 1.29 is 22.7 Å². The molecule has 8 nitrogen and oxygen atoms in total. The SMILES string of the molecule is C=C(C)C(=O)Nc1ccc(S(N)(=O)=O)cc1.C=C(C)C(=O)OCC.C=CC#N. The van der Waals surface area contributed by atoms with Crippen molar-refractivity contribution in [1.29, 1.82) is 5.26 Å². The van der Waals surface area contributed by atoms with Gasteiger partial charge >= 0.3 is 5.97 Å². The summed E-state index contributed by atoms with van der Waals surface area (Å²) in [5.74, 6) is -0.629. The number of nitriles is 1. The van der Waals surface area contributed by atoms with E-state index in [-0.39, 0.29) is 16.8 Å². The van der Waals surface area contributed by atoms with Crippen LogP contribution in [0.1, 0.15) is 20.8 Å². The standard InChI is InChI=1S/C10H12N2O3S.C6H10O2.C3H3N/c1-7(2)10(13)12-8-3-5-9(6-4-8)16(11,14)15;1-4-8-6(7)5(2)3;1-2-3-4/h3-6H,1H2,2H3,(H,12,13)(H2,11,14,15);2,4H2,1,3H3;2H,1H2. The van der Waals surface area contributed by atoms with Crippen molar-refractivity contribution in [2.75, 3.05) is 11.9 Å². The van der Waals surface area contributed by atoms with Crippen molar-refractivity contribution in [3.8, 4) is 6.07 Å². The Balaban J connectivity index is 0. The fourth-order valence-electron chi connectivity index (χ4n) is 1.22. The summed E-state index contributed by atoms with van der Waals surface area (Å²) in [6.07, 6.45) is 1.18.